The Balaban J connectivity index is 0. The van der Waals surface area contributed by atoms with Crippen molar-refractivity contribution in [3.8, 4) is 0 Å². The van der Waals surface area contributed by atoms with E-state index in [-0.39, 0.29) is 23.0 Å². The van der Waals surface area contributed by atoms with Crippen molar-refractivity contribution in [1.82, 2.24) is 0 Å². The van der Waals surface area contributed by atoms with Gasteiger partial charge in [-0.15, -0.1) is 0 Å². The van der Waals surface area contributed by atoms with Crippen LogP contribution in [0.4, 0.5) is 0 Å². The van der Waals surface area contributed by atoms with Crippen molar-refractivity contribution in [2.45, 2.75) is 26.3 Å². The van der Waals surface area contributed by atoms with Crippen LogP contribution in [-0.2, 0) is 21.9 Å². The minimum atomic E-state index is -0.913. The summed E-state index contributed by atoms with van der Waals surface area (Å²) in [6.07, 6.45) is 0.813. The van der Waals surface area contributed by atoms with Gasteiger partial charge in [-0.3, -0.25) is 4.79 Å². The second-order valence-corrected chi connectivity index (χ2v) is 2.25. The number of aliphatic carboxylic acids is 1. The van der Waals surface area contributed by atoms with E-state index in [1.165, 1.54) is 0 Å². The Morgan fingerprint density at radius 2 is 2.10 bits per heavy atom. The Bertz CT molecular complexity index is 108. The molecule has 2 atom stereocenters. The molecule has 0 aromatic carbocycles. The molecule has 10 heavy (non-hydrogen) atoms. The van der Waals surface area contributed by atoms with Gasteiger partial charge in [0.2, 0.25) is 0 Å². The minimum absolute atomic E-state index is 0. The molecule has 0 saturated carbocycles. The third kappa shape index (κ3) is 3.88. The molecule has 0 unspecified atom stereocenters. The molecule has 1 radical (unpaired) electrons. The molecule has 0 rings (SSSR count). The van der Waals surface area contributed by atoms with Gasteiger partial charge in [0, 0.05) is 17.1 Å². The van der Waals surface area contributed by atoms with Gasteiger partial charge in [-0.05, 0) is 5.92 Å². The summed E-state index contributed by atoms with van der Waals surface area (Å²) in [4.78, 5) is 10.2. The number of rotatable bonds is 3. The van der Waals surface area contributed by atoms with E-state index in [0.717, 1.165) is 6.42 Å². The van der Waals surface area contributed by atoms with Crippen molar-refractivity contribution >= 4 is 5.97 Å². The van der Waals surface area contributed by atoms with Crippen molar-refractivity contribution in [2.24, 2.45) is 11.7 Å². The van der Waals surface area contributed by atoms with Crippen LogP contribution in [0.15, 0.2) is 0 Å². The van der Waals surface area contributed by atoms with Crippen LogP contribution < -0.4 is 5.73 Å². The first-order chi connectivity index (χ1) is 4.09. The second kappa shape index (κ2) is 5.71. The maximum absolute atomic E-state index is 10.2. The first kappa shape index (κ1) is 12.6. The quantitative estimate of drug-likeness (QED) is 0.641. The molecule has 0 saturated heterocycles. The normalized spacial score (nSPS) is 15.1. The standard InChI is InChI=1S/C6H13NO2.Cu/c1-3-4(2)5(7)6(8)9;/h4-5H,3,7H2,1-2H3,(H,8,9);/t4-,5-;/m0./s1. The summed E-state index contributed by atoms with van der Waals surface area (Å²) in [5.41, 5.74) is 5.27. The molecular formula is C6H13CuNO2. The molecule has 0 spiro atoms. The van der Waals surface area contributed by atoms with Crippen molar-refractivity contribution in [2.75, 3.05) is 0 Å². The van der Waals surface area contributed by atoms with Gasteiger partial charge < -0.3 is 10.8 Å². The summed E-state index contributed by atoms with van der Waals surface area (Å²) >= 11 is 0. The summed E-state index contributed by atoms with van der Waals surface area (Å²) in [6, 6.07) is -0.699. The molecular weight excluding hydrogens is 182 g/mol. The van der Waals surface area contributed by atoms with E-state index < -0.39 is 12.0 Å². The molecule has 65 valence electrons. The average molecular weight is 195 g/mol. The molecule has 3 N–H and O–H groups in total. The summed E-state index contributed by atoms with van der Waals surface area (Å²) in [5.74, 6) is -0.841. The van der Waals surface area contributed by atoms with Gasteiger partial charge in [0.25, 0.3) is 0 Å². The predicted octanol–water partition coefficient (Wildman–Crippen LogP) is 0.442. The molecule has 0 aliphatic heterocycles. The molecule has 0 aliphatic rings. The minimum Gasteiger partial charge on any atom is -0.480 e. The molecule has 0 aliphatic carbocycles. The zero-order valence-electron chi connectivity index (χ0n) is 6.10. The zero-order chi connectivity index (χ0) is 7.44. The molecule has 4 heteroatoms. The van der Waals surface area contributed by atoms with E-state index >= 15 is 0 Å². The van der Waals surface area contributed by atoms with Gasteiger partial charge in [0.1, 0.15) is 6.04 Å². The zero-order valence-corrected chi connectivity index (χ0v) is 7.04. The van der Waals surface area contributed by atoms with Crippen LogP contribution in [0.25, 0.3) is 0 Å². The van der Waals surface area contributed by atoms with Crippen LogP contribution in [-0.4, -0.2) is 17.1 Å². The molecule has 0 aromatic rings. The maximum Gasteiger partial charge on any atom is 0.320 e. The third-order valence-electron chi connectivity index (χ3n) is 1.54. The summed E-state index contributed by atoms with van der Waals surface area (Å²) in [6.45, 7) is 3.76. The van der Waals surface area contributed by atoms with Gasteiger partial charge in [-0.1, -0.05) is 20.3 Å². The van der Waals surface area contributed by atoms with E-state index in [0.29, 0.717) is 0 Å². The third-order valence-corrected chi connectivity index (χ3v) is 1.54. The van der Waals surface area contributed by atoms with Crippen LogP contribution in [0.2, 0.25) is 0 Å². The first-order valence-corrected chi connectivity index (χ1v) is 3.08. The molecule has 0 bridgehead atoms. The average Bonchev–Trinajstić information content (AvgIpc) is 1.84. The molecule has 0 amide bonds. The SMILES string of the molecule is CC[C@H](C)[C@H](N)C(=O)O.[Cu]. The summed E-state index contributed by atoms with van der Waals surface area (Å²) < 4.78 is 0. The fourth-order valence-electron chi connectivity index (χ4n) is 0.497. The van der Waals surface area contributed by atoms with Crippen LogP contribution >= 0.6 is 0 Å². The second-order valence-electron chi connectivity index (χ2n) is 2.25. The van der Waals surface area contributed by atoms with Gasteiger partial charge >= 0.3 is 5.97 Å². The smallest absolute Gasteiger partial charge is 0.320 e. The van der Waals surface area contributed by atoms with Crippen molar-refractivity contribution in [1.29, 1.82) is 0 Å². The van der Waals surface area contributed by atoms with Gasteiger partial charge in [0.15, 0.2) is 0 Å². The van der Waals surface area contributed by atoms with E-state index in [4.69, 9.17) is 10.8 Å². The Morgan fingerprint density at radius 3 is 2.20 bits per heavy atom. The van der Waals surface area contributed by atoms with E-state index in [1.807, 2.05) is 13.8 Å². The Morgan fingerprint density at radius 1 is 1.70 bits per heavy atom. The van der Waals surface area contributed by atoms with Crippen LogP contribution in [0.1, 0.15) is 20.3 Å². The number of hydrogen-bond acceptors (Lipinski definition) is 2. The molecule has 3 nitrogen and oxygen atoms in total. The summed E-state index contributed by atoms with van der Waals surface area (Å²) in [5, 5.41) is 8.36. The van der Waals surface area contributed by atoms with E-state index in [2.05, 4.69) is 0 Å². The maximum atomic E-state index is 10.2. The monoisotopic (exact) mass is 194 g/mol. The van der Waals surface area contributed by atoms with Crippen molar-refractivity contribution < 1.29 is 27.0 Å². The molecule has 0 aromatic heterocycles. The van der Waals surface area contributed by atoms with Crippen molar-refractivity contribution in [3.05, 3.63) is 0 Å². The largest absolute Gasteiger partial charge is 0.480 e. The van der Waals surface area contributed by atoms with Crippen LogP contribution in [0.3, 0.4) is 0 Å². The van der Waals surface area contributed by atoms with Gasteiger partial charge in [-0.2, -0.15) is 0 Å². The van der Waals surface area contributed by atoms with Crippen molar-refractivity contribution in [3.63, 3.8) is 0 Å². The number of carbonyl (C=O) groups is 1. The van der Waals surface area contributed by atoms with Gasteiger partial charge in [-0.25, -0.2) is 0 Å². The Hall–Kier alpha value is -0.0505. The first-order valence-electron chi connectivity index (χ1n) is 3.08. The van der Waals surface area contributed by atoms with Gasteiger partial charge in [0.05, 0.1) is 0 Å². The fraction of sp³-hybridized carbons (Fsp3) is 0.833. The van der Waals surface area contributed by atoms with Crippen LogP contribution in [0, 0.1) is 5.92 Å². The number of hydrogen-bond donors (Lipinski definition) is 2. The number of carboxylic acid groups (broad SMARTS) is 1. The predicted molar refractivity (Wildman–Crippen MR) is 35.1 cm³/mol. The summed E-state index contributed by atoms with van der Waals surface area (Å²) in [7, 11) is 0. The Labute approximate surface area is 71.5 Å². The van der Waals surface area contributed by atoms with Crippen LogP contribution in [0.5, 0.6) is 0 Å². The molecule has 0 heterocycles. The fourth-order valence-corrected chi connectivity index (χ4v) is 0.497. The molecule has 0 fully saturated rings. The topological polar surface area (TPSA) is 63.3 Å². The van der Waals surface area contributed by atoms with E-state index in [1.54, 1.807) is 0 Å². The Kier molecular flexibility index (Phi) is 7.20. The number of carboxylic acids is 1. The van der Waals surface area contributed by atoms with E-state index in [9.17, 15) is 4.79 Å². The number of nitrogens with two attached hydrogens (primary N) is 1.